The lowest BCUT2D eigenvalue weighted by atomic mass is 9.77. The van der Waals surface area contributed by atoms with Crippen LogP contribution in [-0.4, -0.2) is 42.2 Å². The summed E-state index contributed by atoms with van der Waals surface area (Å²) in [5.74, 6) is -1.52. The zero-order chi connectivity index (χ0) is 22.5. The number of H-pyrrole nitrogens is 1. The minimum atomic E-state index is -4.98. The zero-order valence-electron chi connectivity index (χ0n) is 17.1. The smallest absolute Gasteiger partial charge is 0.462 e. The third-order valence-electron chi connectivity index (χ3n) is 5.23. The summed E-state index contributed by atoms with van der Waals surface area (Å²) in [6.07, 6.45) is -3.83. The molecule has 7 nitrogen and oxygen atoms in total. The maximum absolute atomic E-state index is 12.9. The zero-order valence-corrected chi connectivity index (χ0v) is 17.1. The van der Waals surface area contributed by atoms with Gasteiger partial charge in [-0.15, -0.1) is 13.2 Å². The summed E-state index contributed by atoms with van der Waals surface area (Å²) in [5.41, 5.74) is -2.37. The van der Waals surface area contributed by atoms with E-state index in [0.717, 1.165) is 18.3 Å². The molecule has 0 amide bonds. The summed E-state index contributed by atoms with van der Waals surface area (Å²) in [4.78, 5) is 27.7. The number of hydrogen-bond donors (Lipinski definition) is 1. The van der Waals surface area contributed by atoms with Crippen molar-refractivity contribution in [3.05, 3.63) is 34.1 Å². The average Bonchev–Trinajstić information content (AvgIpc) is 2.81. The summed E-state index contributed by atoms with van der Waals surface area (Å²) < 4.78 is 59.3. The standard InChI is InChI=1S/C19H21BF3NO6/c1-6-27-16(26)12-9-24-14-11(15(12)25)7-10(28-19(21,22)23)8-13(14)20-29-17(2,3)18(4,5)30-20/h7-9H,6H2,1-5H3,(H,24,25). The molecule has 30 heavy (non-hydrogen) atoms. The molecule has 1 fully saturated rings. The molecule has 0 atom stereocenters. The predicted molar refractivity (Wildman–Crippen MR) is 103 cm³/mol. The van der Waals surface area contributed by atoms with Crippen LogP contribution in [0.4, 0.5) is 13.2 Å². The maximum Gasteiger partial charge on any atom is 0.573 e. The fourth-order valence-corrected chi connectivity index (χ4v) is 3.04. The van der Waals surface area contributed by atoms with Crippen molar-refractivity contribution in [2.75, 3.05) is 6.61 Å². The molecule has 0 aliphatic carbocycles. The maximum atomic E-state index is 12.9. The number of ether oxygens (including phenoxy) is 2. The van der Waals surface area contributed by atoms with Gasteiger partial charge < -0.3 is 23.8 Å². The van der Waals surface area contributed by atoms with E-state index in [1.807, 2.05) is 0 Å². The molecule has 3 rings (SSSR count). The minimum Gasteiger partial charge on any atom is -0.462 e. The monoisotopic (exact) mass is 427 g/mol. The van der Waals surface area contributed by atoms with Crippen molar-refractivity contribution in [1.82, 2.24) is 4.98 Å². The highest BCUT2D eigenvalue weighted by Crippen LogP contribution is 2.37. The number of aromatic amines is 1. The highest BCUT2D eigenvalue weighted by Gasteiger charge is 2.52. The second kappa shape index (κ2) is 7.31. The van der Waals surface area contributed by atoms with Gasteiger partial charge in [0.05, 0.1) is 17.8 Å². The first-order chi connectivity index (χ1) is 13.8. The molecular formula is C19H21BF3NO6. The van der Waals surface area contributed by atoms with Gasteiger partial charge in [-0.05, 0) is 46.8 Å². The quantitative estimate of drug-likeness (QED) is 0.597. The molecule has 1 aromatic heterocycles. The van der Waals surface area contributed by atoms with E-state index in [4.69, 9.17) is 14.0 Å². The Kier molecular flexibility index (Phi) is 5.40. The van der Waals surface area contributed by atoms with E-state index in [-0.39, 0.29) is 28.5 Å². The number of pyridine rings is 1. The highest BCUT2D eigenvalue weighted by molar-refractivity contribution is 6.65. The van der Waals surface area contributed by atoms with Gasteiger partial charge in [-0.3, -0.25) is 4.79 Å². The van der Waals surface area contributed by atoms with Crippen molar-refractivity contribution in [3.63, 3.8) is 0 Å². The second-order valence-corrected chi connectivity index (χ2v) is 7.82. The number of alkyl halides is 3. The van der Waals surface area contributed by atoms with E-state index in [1.165, 1.54) is 0 Å². The first-order valence-corrected chi connectivity index (χ1v) is 9.23. The van der Waals surface area contributed by atoms with Crippen LogP contribution in [0.3, 0.4) is 0 Å². The van der Waals surface area contributed by atoms with Crippen LogP contribution in [-0.2, 0) is 14.0 Å². The first kappa shape index (κ1) is 22.2. The molecular weight excluding hydrogens is 406 g/mol. The van der Waals surface area contributed by atoms with E-state index in [0.29, 0.717) is 0 Å². The van der Waals surface area contributed by atoms with Crippen LogP contribution in [0.25, 0.3) is 10.9 Å². The number of benzene rings is 1. The van der Waals surface area contributed by atoms with Crippen LogP contribution in [0.15, 0.2) is 23.1 Å². The largest absolute Gasteiger partial charge is 0.573 e. The van der Waals surface area contributed by atoms with Gasteiger partial charge in [0.15, 0.2) is 0 Å². The predicted octanol–water partition coefficient (Wildman–Crippen LogP) is 2.90. The van der Waals surface area contributed by atoms with Crippen molar-refractivity contribution in [2.24, 2.45) is 0 Å². The summed E-state index contributed by atoms with van der Waals surface area (Å²) >= 11 is 0. The average molecular weight is 427 g/mol. The lowest BCUT2D eigenvalue weighted by molar-refractivity contribution is -0.274. The number of aromatic nitrogens is 1. The minimum absolute atomic E-state index is 0.0344. The van der Waals surface area contributed by atoms with Crippen LogP contribution in [0, 0.1) is 0 Å². The van der Waals surface area contributed by atoms with E-state index in [1.54, 1.807) is 34.6 Å². The van der Waals surface area contributed by atoms with Crippen LogP contribution < -0.4 is 15.6 Å². The van der Waals surface area contributed by atoms with E-state index < -0.39 is 41.8 Å². The molecule has 2 heterocycles. The highest BCUT2D eigenvalue weighted by atomic mass is 19.4. The molecule has 1 aliphatic heterocycles. The molecule has 1 aliphatic rings. The molecule has 0 saturated carbocycles. The van der Waals surface area contributed by atoms with Gasteiger partial charge >= 0.3 is 19.5 Å². The van der Waals surface area contributed by atoms with E-state index in [2.05, 4.69) is 9.72 Å². The van der Waals surface area contributed by atoms with E-state index >= 15 is 0 Å². The van der Waals surface area contributed by atoms with Gasteiger partial charge in [0.2, 0.25) is 5.43 Å². The molecule has 11 heteroatoms. The van der Waals surface area contributed by atoms with Crippen molar-refractivity contribution in [3.8, 4) is 5.75 Å². The van der Waals surface area contributed by atoms with Gasteiger partial charge in [0, 0.05) is 22.6 Å². The molecule has 0 bridgehead atoms. The lowest BCUT2D eigenvalue weighted by Gasteiger charge is -2.32. The van der Waals surface area contributed by atoms with Crippen LogP contribution in [0.1, 0.15) is 45.0 Å². The molecule has 1 aromatic carbocycles. The third-order valence-corrected chi connectivity index (χ3v) is 5.23. The Labute approximate surface area is 170 Å². The van der Waals surface area contributed by atoms with Gasteiger partial charge in [-0.2, -0.15) is 0 Å². The number of halogens is 3. The summed E-state index contributed by atoms with van der Waals surface area (Å²) in [6.45, 7) is 8.74. The number of nitrogens with one attached hydrogen (secondary N) is 1. The number of rotatable bonds is 4. The fourth-order valence-electron chi connectivity index (χ4n) is 3.04. The van der Waals surface area contributed by atoms with Gasteiger partial charge in [0.25, 0.3) is 0 Å². The fraction of sp³-hybridized carbons (Fsp3) is 0.474. The molecule has 2 aromatic rings. The van der Waals surface area contributed by atoms with Crippen LogP contribution in [0.5, 0.6) is 5.75 Å². The Hall–Kier alpha value is -2.53. The number of hydrogen-bond acceptors (Lipinski definition) is 6. The number of carbonyl (C=O) groups is 1. The first-order valence-electron chi connectivity index (χ1n) is 9.23. The molecule has 0 radical (unpaired) electrons. The van der Waals surface area contributed by atoms with Gasteiger partial charge in [-0.1, -0.05) is 0 Å². The summed E-state index contributed by atoms with van der Waals surface area (Å²) in [5, 5.41) is -0.188. The van der Waals surface area contributed by atoms with Crippen LogP contribution >= 0.6 is 0 Å². The summed E-state index contributed by atoms with van der Waals surface area (Å²) in [6, 6.07) is 2.01. The van der Waals surface area contributed by atoms with Crippen molar-refractivity contribution >= 4 is 29.5 Å². The topological polar surface area (TPSA) is 86.9 Å². The van der Waals surface area contributed by atoms with Gasteiger partial charge in [-0.25, -0.2) is 4.79 Å². The van der Waals surface area contributed by atoms with Crippen LogP contribution in [0.2, 0.25) is 0 Å². The number of fused-ring (bicyclic) bond motifs is 1. The van der Waals surface area contributed by atoms with E-state index in [9.17, 15) is 22.8 Å². The third kappa shape index (κ3) is 4.04. The number of esters is 1. The Bertz CT molecular complexity index is 1030. The Morgan fingerprint density at radius 2 is 1.77 bits per heavy atom. The number of carbonyl (C=O) groups excluding carboxylic acids is 1. The molecule has 0 unspecified atom stereocenters. The Balaban J connectivity index is 2.22. The molecule has 1 saturated heterocycles. The Morgan fingerprint density at radius 1 is 1.17 bits per heavy atom. The molecule has 0 spiro atoms. The normalized spacial score (nSPS) is 17.9. The SMILES string of the molecule is CCOC(=O)c1c[nH]c2c(B3OC(C)(C)C(C)(C)O3)cc(OC(F)(F)F)cc2c1=O. The Morgan fingerprint density at radius 3 is 2.30 bits per heavy atom. The van der Waals surface area contributed by atoms with Crippen molar-refractivity contribution in [1.29, 1.82) is 0 Å². The molecule has 162 valence electrons. The van der Waals surface area contributed by atoms with Gasteiger partial charge in [0.1, 0.15) is 11.3 Å². The summed E-state index contributed by atoms with van der Waals surface area (Å²) in [7, 11) is -1.07. The molecule has 1 N–H and O–H groups in total. The second-order valence-electron chi connectivity index (χ2n) is 7.82. The lowest BCUT2D eigenvalue weighted by Crippen LogP contribution is -2.41. The van der Waals surface area contributed by atoms with Crippen molar-refractivity contribution in [2.45, 2.75) is 52.2 Å². The van der Waals surface area contributed by atoms with Crippen molar-refractivity contribution < 1.29 is 36.7 Å².